The number of benzene rings is 1. The normalized spacial score (nSPS) is 17.6. The van der Waals surface area contributed by atoms with E-state index in [0.717, 1.165) is 5.56 Å². The maximum atomic E-state index is 12.7. The molecule has 2 unspecified atom stereocenters. The molecule has 0 radical (unpaired) electrons. The van der Waals surface area contributed by atoms with Crippen molar-refractivity contribution in [1.82, 2.24) is 30.4 Å². The fourth-order valence-corrected chi connectivity index (χ4v) is 3.12. The number of amides is 2. The smallest absolute Gasteiger partial charge is 0.410 e. The molecular weight excluding hydrogens is 384 g/mol. The third kappa shape index (κ3) is 4.41. The van der Waals surface area contributed by atoms with Crippen LogP contribution in [0.1, 0.15) is 45.7 Å². The monoisotopic (exact) mass is 406 g/mol. The molecule has 150 valence electrons. The van der Waals surface area contributed by atoms with Crippen LogP contribution in [0.25, 0.3) is 5.69 Å². The molecule has 0 bridgehead atoms. The average molecular weight is 407 g/mol. The van der Waals surface area contributed by atoms with Crippen LogP contribution in [0.5, 0.6) is 0 Å². The minimum Gasteiger partial charge on any atom is -0.444 e. The van der Waals surface area contributed by atoms with Crippen molar-refractivity contribution >= 4 is 23.6 Å². The molecule has 3 rings (SSSR count). The van der Waals surface area contributed by atoms with Crippen LogP contribution in [0.4, 0.5) is 4.79 Å². The molecule has 1 N–H and O–H groups in total. The summed E-state index contributed by atoms with van der Waals surface area (Å²) in [5.74, 6) is -0.243. The number of ether oxygens (including phenoxy) is 1. The summed E-state index contributed by atoms with van der Waals surface area (Å²) >= 11 is 6.14. The molecule has 1 aromatic heterocycles. The number of tetrazole rings is 1. The van der Waals surface area contributed by atoms with E-state index in [4.69, 9.17) is 16.3 Å². The zero-order chi connectivity index (χ0) is 20.5. The summed E-state index contributed by atoms with van der Waals surface area (Å²) in [6.07, 6.45) is 1.58. The Morgan fingerprint density at radius 2 is 2.11 bits per heavy atom. The SMILES string of the molecule is CC(NC(=O)C1CCN1C(=O)OC(C)(C)C)c1cc(Cl)ccc1-n1cnnn1. The Morgan fingerprint density at radius 3 is 2.68 bits per heavy atom. The number of aromatic nitrogens is 4. The van der Waals surface area contributed by atoms with Crippen LogP contribution in [0.2, 0.25) is 5.02 Å². The van der Waals surface area contributed by atoms with Gasteiger partial charge in [0.05, 0.1) is 11.7 Å². The predicted octanol–water partition coefficient (Wildman–Crippen LogP) is 2.50. The van der Waals surface area contributed by atoms with Crippen molar-refractivity contribution in [1.29, 1.82) is 0 Å². The van der Waals surface area contributed by atoms with E-state index < -0.39 is 17.7 Å². The van der Waals surface area contributed by atoms with E-state index in [0.29, 0.717) is 23.7 Å². The van der Waals surface area contributed by atoms with E-state index in [-0.39, 0.29) is 11.9 Å². The van der Waals surface area contributed by atoms with Gasteiger partial charge < -0.3 is 10.1 Å². The first-order chi connectivity index (χ1) is 13.2. The van der Waals surface area contributed by atoms with Crippen LogP contribution in [0.3, 0.4) is 0 Å². The maximum absolute atomic E-state index is 12.7. The third-order valence-electron chi connectivity index (χ3n) is 4.36. The van der Waals surface area contributed by atoms with Crippen molar-refractivity contribution in [3.63, 3.8) is 0 Å². The number of nitrogens with zero attached hydrogens (tertiary/aromatic N) is 5. The number of carbonyl (C=O) groups excluding carboxylic acids is 2. The van der Waals surface area contributed by atoms with Gasteiger partial charge in [-0.05, 0) is 62.7 Å². The summed E-state index contributed by atoms with van der Waals surface area (Å²) in [7, 11) is 0. The lowest BCUT2D eigenvalue weighted by Gasteiger charge is -2.40. The lowest BCUT2D eigenvalue weighted by Crippen LogP contribution is -2.59. The van der Waals surface area contributed by atoms with Gasteiger partial charge in [-0.15, -0.1) is 5.10 Å². The van der Waals surface area contributed by atoms with Crippen molar-refractivity contribution in [2.45, 2.75) is 51.8 Å². The number of hydrogen-bond donors (Lipinski definition) is 1. The Hall–Kier alpha value is -2.68. The minimum atomic E-state index is -0.609. The Morgan fingerprint density at radius 1 is 1.36 bits per heavy atom. The van der Waals surface area contributed by atoms with Crippen molar-refractivity contribution in [3.05, 3.63) is 35.1 Å². The number of nitrogens with one attached hydrogen (secondary N) is 1. The molecule has 1 aliphatic rings. The Bertz CT molecular complexity index is 865. The van der Waals surface area contributed by atoms with Crippen LogP contribution < -0.4 is 5.32 Å². The third-order valence-corrected chi connectivity index (χ3v) is 4.60. The number of likely N-dealkylation sites (tertiary alicyclic amines) is 1. The highest BCUT2D eigenvalue weighted by Crippen LogP contribution is 2.26. The fourth-order valence-electron chi connectivity index (χ4n) is 2.94. The Balaban J connectivity index is 1.72. The van der Waals surface area contributed by atoms with E-state index >= 15 is 0 Å². The van der Waals surface area contributed by atoms with Gasteiger partial charge in [-0.25, -0.2) is 9.48 Å². The molecule has 9 nitrogen and oxygen atoms in total. The quantitative estimate of drug-likeness (QED) is 0.836. The summed E-state index contributed by atoms with van der Waals surface area (Å²) in [6, 6.07) is 4.36. The zero-order valence-electron chi connectivity index (χ0n) is 16.2. The van der Waals surface area contributed by atoms with Crippen LogP contribution in [-0.4, -0.2) is 55.3 Å². The standard InChI is InChI=1S/C18H23ClN6O3/c1-11(13-9-12(19)5-6-14(13)25-10-20-22-23-25)21-16(26)15-7-8-24(15)17(27)28-18(2,3)4/h5-6,9-11,15H,7-8H2,1-4H3,(H,21,26). The highest BCUT2D eigenvalue weighted by Gasteiger charge is 2.40. The summed E-state index contributed by atoms with van der Waals surface area (Å²) in [5.41, 5.74) is 0.860. The molecule has 1 saturated heterocycles. The lowest BCUT2D eigenvalue weighted by atomic mass is 10.0. The van der Waals surface area contributed by atoms with Gasteiger partial charge in [-0.2, -0.15) is 0 Å². The summed E-state index contributed by atoms with van der Waals surface area (Å²) in [6.45, 7) is 7.72. The van der Waals surface area contributed by atoms with Gasteiger partial charge in [-0.3, -0.25) is 9.69 Å². The molecule has 28 heavy (non-hydrogen) atoms. The molecule has 0 aliphatic carbocycles. The molecule has 2 heterocycles. The van der Waals surface area contributed by atoms with Crippen LogP contribution >= 0.6 is 11.6 Å². The van der Waals surface area contributed by atoms with Gasteiger partial charge in [0, 0.05) is 17.1 Å². The van der Waals surface area contributed by atoms with Gasteiger partial charge in [0.2, 0.25) is 5.91 Å². The highest BCUT2D eigenvalue weighted by atomic mass is 35.5. The molecule has 2 aromatic rings. The predicted molar refractivity (Wildman–Crippen MR) is 102 cm³/mol. The zero-order valence-corrected chi connectivity index (χ0v) is 17.0. The fraction of sp³-hybridized carbons (Fsp3) is 0.500. The van der Waals surface area contributed by atoms with Gasteiger partial charge in [0.15, 0.2) is 0 Å². The second kappa shape index (κ2) is 7.75. The van der Waals surface area contributed by atoms with E-state index in [9.17, 15) is 9.59 Å². The molecule has 1 fully saturated rings. The van der Waals surface area contributed by atoms with Crippen LogP contribution in [-0.2, 0) is 9.53 Å². The number of halogens is 1. The summed E-state index contributed by atoms with van der Waals surface area (Å²) in [4.78, 5) is 26.4. The summed E-state index contributed by atoms with van der Waals surface area (Å²) in [5, 5.41) is 14.7. The molecule has 10 heteroatoms. The number of carbonyl (C=O) groups is 2. The topological polar surface area (TPSA) is 102 Å². The Kier molecular flexibility index (Phi) is 5.55. The van der Waals surface area contributed by atoms with Crippen molar-refractivity contribution in [2.24, 2.45) is 0 Å². The molecular formula is C18H23ClN6O3. The maximum Gasteiger partial charge on any atom is 0.410 e. The van der Waals surface area contributed by atoms with E-state index in [1.54, 1.807) is 39.0 Å². The van der Waals surface area contributed by atoms with E-state index in [1.807, 2.05) is 6.92 Å². The van der Waals surface area contributed by atoms with Crippen molar-refractivity contribution < 1.29 is 14.3 Å². The van der Waals surface area contributed by atoms with Crippen LogP contribution in [0.15, 0.2) is 24.5 Å². The first-order valence-electron chi connectivity index (χ1n) is 8.98. The van der Waals surface area contributed by atoms with Gasteiger partial charge >= 0.3 is 6.09 Å². The number of hydrogen-bond acceptors (Lipinski definition) is 6. The molecule has 0 spiro atoms. The Labute approximate surface area is 168 Å². The van der Waals surface area contributed by atoms with Crippen molar-refractivity contribution in [2.75, 3.05) is 6.54 Å². The molecule has 2 atom stereocenters. The largest absolute Gasteiger partial charge is 0.444 e. The molecule has 2 amide bonds. The summed E-state index contributed by atoms with van der Waals surface area (Å²) < 4.78 is 6.86. The van der Waals surface area contributed by atoms with Crippen molar-refractivity contribution in [3.8, 4) is 5.69 Å². The van der Waals surface area contributed by atoms with Gasteiger partial charge in [0.1, 0.15) is 18.0 Å². The lowest BCUT2D eigenvalue weighted by molar-refractivity contribution is -0.131. The van der Waals surface area contributed by atoms with Gasteiger partial charge in [-0.1, -0.05) is 11.6 Å². The first kappa shape index (κ1) is 20.1. The highest BCUT2D eigenvalue weighted by molar-refractivity contribution is 6.30. The van der Waals surface area contributed by atoms with Crippen LogP contribution in [0, 0.1) is 0 Å². The van der Waals surface area contributed by atoms with E-state index in [1.165, 1.54) is 15.9 Å². The molecule has 1 aromatic carbocycles. The first-order valence-corrected chi connectivity index (χ1v) is 9.36. The molecule has 0 saturated carbocycles. The minimum absolute atomic E-state index is 0.243. The average Bonchev–Trinajstić information content (AvgIpc) is 3.05. The second-order valence-electron chi connectivity index (χ2n) is 7.67. The second-order valence-corrected chi connectivity index (χ2v) is 8.10. The number of rotatable bonds is 4. The van der Waals surface area contributed by atoms with E-state index in [2.05, 4.69) is 20.8 Å². The molecule has 1 aliphatic heterocycles. The van der Waals surface area contributed by atoms with Gasteiger partial charge in [0.25, 0.3) is 0 Å².